The first kappa shape index (κ1) is 23.1. The standard InChI is InChI=1S/C23H22F3N3O3/c1-4-32-19-10-8-16(9-11-19)14-28(3)22(31)21-20(30)12-15(2)29(27-21)18-7-5-6-17(13-18)23(24,25)26/h5-13H,4,14H2,1-3H3. The van der Waals surface area contributed by atoms with E-state index in [2.05, 4.69) is 5.10 Å². The van der Waals surface area contributed by atoms with E-state index in [-0.39, 0.29) is 17.9 Å². The maximum atomic E-state index is 13.1. The van der Waals surface area contributed by atoms with Gasteiger partial charge in [0.25, 0.3) is 5.91 Å². The van der Waals surface area contributed by atoms with Crippen LogP contribution in [0.4, 0.5) is 13.2 Å². The molecule has 32 heavy (non-hydrogen) atoms. The number of hydrogen-bond acceptors (Lipinski definition) is 4. The lowest BCUT2D eigenvalue weighted by atomic mass is 10.2. The van der Waals surface area contributed by atoms with Crippen molar-refractivity contribution in [2.45, 2.75) is 26.6 Å². The second-order valence-electron chi connectivity index (χ2n) is 7.20. The van der Waals surface area contributed by atoms with Crippen molar-refractivity contribution in [1.29, 1.82) is 0 Å². The molecule has 168 valence electrons. The lowest BCUT2D eigenvalue weighted by Crippen LogP contribution is -2.33. The van der Waals surface area contributed by atoms with Gasteiger partial charge in [-0.2, -0.15) is 18.3 Å². The van der Waals surface area contributed by atoms with Crippen LogP contribution >= 0.6 is 0 Å². The number of ether oxygens (including phenoxy) is 1. The first-order valence-electron chi connectivity index (χ1n) is 9.86. The summed E-state index contributed by atoms with van der Waals surface area (Å²) in [6.07, 6.45) is -4.53. The molecule has 0 unspecified atom stereocenters. The molecule has 6 nitrogen and oxygen atoms in total. The number of halogens is 3. The molecule has 1 heterocycles. The molecular formula is C23H22F3N3O3. The number of carbonyl (C=O) groups is 1. The van der Waals surface area contributed by atoms with Crippen LogP contribution in [-0.4, -0.2) is 34.2 Å². The van der Waals surface area contributed by atoms with E-state index in [0.717, 1.165) is 22.4 Å². The minimum absolute atomic E-state index is 0.0977. The molecular weight excluding hydrogens is 423 g/mol. The number of hydrogen-bond donors (Lipinski definition) is 0. The molecule has 3 aromatic rings. The third-order valence-corrected chi connectivity index (χ3v) is 4.73. The molecule has 0 radical (unpaired) electrons. The van der Waals surface area contributed by atoms with E-state index in [1.165, 1.54) is 37.1 Å². The highest BCUT2D eigenvalue weighted by molar-refractivity contribution is 5.91. The van der Waals surface area contributed by atoms with Gasteiger partial charge in [-0.3, -0.25) is 9.59 Å². The molecule has 2 aromatic carbocycles. The summed E-state index contributed by atoms with van der Waals surface area (Å²) in [4.78, 5) is 26.7. The highest BCUT2D eigenvalue weighted by Gasteiger charge is 2.30. The smallest absolute Gasteiger partial charge is 0.416 e. The molecule has 0 saturated carbocycles. The van der Waals surface area contributed by atoms with Crippen LogP contribution in [0.25, 0.3) is 5.69 Å². The molecule has 1 aromatic heterocycles. The van der Waals surface area contributed by atoms with Crippen molar-refractivity contribution in [2.24, 2.45) is 0 Å². The lowest BCUT2D eigenvalue weighted by molar-refractivity contribution is -0.137. The van der Waals surface area contributed by atoms with E-state index >= 15 is 0 Å². The Balaban J connectivity index is 1.89. The molecule has 0 saturated heterocycles. The number of benzene rings is 2. The van der Waals surface area contributed by atoms with Crippen LogP contribution in [0.1, 0.15) is 34.2 Å². The largest absolute Gasteiger partial charge is 0.494 e. The van der Waals surface area contributed by atoms with Gasteiger partial charge >= 0.3 is 6.18 Å². The monoisotopic (exact) mass is 445 g/mol. The third kappa shape index (κ3) is 5.16. The highest BCUT2D eigenvalue weighted by Crippen LogP contribution is 2.30. The van der Waals surface area contributed by atoms with Gasteiger partial charge in [0.15, 0.2) is 5.69 Å². The lowest BCUT2D eigenvalue weighted by Gasteiger charge is -2.18. The van der Waals surface area contributed by atoms with Crippen LogP contribution in [0.3, 0.4) is 0 Å². The van der Waals surface area contributed by atoms with Crippen molar-refractivity contribution in [3.05, 3.63) is 87.3 Å². The maximum absolute atomic E-state index is 13.1. The van der Waals surface area contributed by atoms with Crippen LogP contribution in [0, 0.1) is 6.92 Å². The molecule has 0 aliphatic carbocycles. The van der Waals surface area contributed by atoms with Gasteiger partial charge in [0.1, 0.15) is 5.75 Å². The Hall–Kier alpha value is -3.62. The molecule has 3 rings (SSSR count). The van der Waals surface area contributed by atoms with Crippen molar-refractivity contribution in [2.75, 3.05) is 13.7 Å². The van der Waals surface area contributed by atoms with E-state index in [0.29, 0.717) is 18.1 Å². The summed E-state index contributed by atoms with van der Waals surface area (Å²) in [5, 5.41) is 4.09. The van der Waals surface area contributed by atoms with Crippen LogP contribution in [0.2, 0.25) is 0 Å². The van der Waals surface area contributed by atoms with E-state index in [1.807, 2.05) is 6.92 Å². The Morgan fingerprint density at radius 3 is 2.44 bits per heavy atom. The molecule has 0 aliphatic heterocycles. The number of carbonyl (C=O) groups excluding carboxylic acids is 1. The van der Waals surface area contributed by atoms with Crippen molar-refractivity contribution in [1.82, 2.24) is 14.7 Å². The fourth-order valence-corrected chi connectivity index (χ4v) is 3.16. The SMILES string of the molecule is CCOc1ccc(CN(C)C(=O)c2nn(-c3cccc(C(F)(F)F)c3)c(C)cc2=O)cc1. The topological polar surface area (TPSA) is 64.4 Å². The zero-order valence-electron chi connectivity index (χ0n) is 17.8. The summed E-state index contributed by atoms with van der Waals surface area (Å²) < 4.78 is 45.8. The molecule has 0 aliphatic rings. The fourth-order valence-electron chi connectivity index (χ4n) is 3.16. The van der Waals surface area contributed by atoms with Crippen molar-refractivity contribution in [3.8, 4) is 11.4 Å². The number of aromatic nitrogens is 2. The van der Waals surface area contributed by atoms with E-state index in [9.17, 15) is 22.8 Å². The summed E-state index contributed by atoms with van der Waals surface area (Å²) >= 11 is 0. The van der Waals surface area contributed by atoms with Crippen LogP contribution in [0.5, 0.6) is 5.75 Å². The molecule has 0 spiro atoms. The number of alkyl halides is 3. The van der Waals surface area contributed by atoms with Gasteiger partial charge in [0, 0.05) is 25.4 Å². The van der Waals surface area contributed by atoms with Crippen LogP contribution < -0.4 is 10.2 Å². The molecule has 1 amide bonds. The van der Waals surface area contributed by atoms with Crippen molar-refractivity contribution in [3.63, 3.8) is 0 Å². The Labute approximate surface area is 182 Å². The number of rotatable bonds is 6. The molecule has 0 bridgehead atoms. The summed E-state index contributed by atoms with van der Waals surface area (Å²) in [5.41, 5.74) is -0.610. The summed E-state index contributed by atoms with van der Waals surface area (Å²) in [6.45, 7) is 4.16. The third-order valence-electron chi connectivity index (χ3n) is 4.73. The minimum atomic E-state index is -4.53. The first-order valence-corrected chi connectivity index (χ1v) is 9.86. The fraction of sp³-hybridized carbons (Fsp3) is 0.261. The Kier molecular flexibility index (Phi) is 6.67. The van der Waals surface area contributed by atoms with Crippen molar-refractivity contribution < 1.29 is 22.7 Å². The van der Waals surface area contributed by atoms with Gasteiger partial charge in [0.2, 0.25) is 5.43 Å². The molecule has 0 atom stereocenters. The average Bonchev–Trinajstić information content (AvgIpc) is 2.74. The maximum Gasteiger partial charge on any atom is 0.416 e. The summed E-state index contributed by atoms with van der Waals surface area (Å²) in [7, 11) is 1.52. The second kappa shape index (κ2) is 9.25. The normalized spacial score (nSPS) is 11.3. The Bertz CT molecular complexity index is 1170. The zero-order valence-corrected chi connectivity index (χ0v) is 17.8. The van der Waals surface area contributed by atoms with E-state index in [1.54, 1.807) is 24.3 Å². The van der Waals surface area contributed by atoms with Gasteiger partial charge in [0.05, 0.1) is 17.9 Å². The van der Waals surface area contributed by atoms with Crippen molar-refractivity contribution >= 4 is 5.91 Å². The predicted molar refractivity (Wildman–Crippen MR) is 113 cm³/mol. The van der Waals surface area contributed by atoms with Gasteiger partial charge in [-0.25, -0.2) is 4.68 Å². The van der Waals surface area contributed by atoms with Gasteiger partial charge in [-0.05, 0) is 49.7 Å². The minimum Gasteiger partial charge on any atom is -0.494 e. The molecule has 0 N–H and O–H groups in total. The molecule has 9 heteroatoms. The van der Waals surface area contributed by atoms with Gasteiger partial charge < -0.3 is 9.64 Å². The summed E-state index contributed by atoms with van der Waals surface area (Å²) in [6, 6.07) is 12.9. The van der Waals surface area contributed by atoms with Crippen LogP contribution in [0.15, 0.2) is 59.4 Å². The van der Waals surface area contributed by atoms with Gasteiger partial charge in [-0.1, -0.05) is 18.2 Å². The average molecular weight is 445 g/mol. The Morgan fingerprint density at radius 2 is 1.81 bits per heavy atom. The molecule has 0 fully saturated rings. The number of amides is 1. The highest BCUT2D eigenvalue weighted by atomic mass is 19.4. The van der Waals surface area contributed by atoms with Crippen LogP contribution in [-0.2, 0) is 12.7 Å². The zero-order chi connectivity index (χ0) is 23.5. The number of aryl methyl sites for hydroxylation is 1. The summed E-state index contributed by atoms with van der Waals surface area (Å²) in [5.74, 6) is 0.0685. The quantitative estimate of drug-likeness (QED) is 0.570. The second-order valence-corrected chi connectivity index (χ2v) is 7.20. The van der Waals surface area contributed by atoms with E-state index in [4.69, 9.17) is 4.74 Å². The van der Waals surface area contributed by atoms with E-state index < -0.39 is 23.1 Å². The predicted octanol–water partition coefficient (Wildman–Crippen LogP) is 4.23. The Morgan fingerprint density at radius 1 is 1.12 bits per heavy atom. The number of nitrogens with zero attached hydrogens (tertiary/aromatic N) is 3. The first-order chi connectivity index (χ1) is 15.1. The van der Waals surface area contributed by atoms with Gasteiger partial charge in [-0.15, -0.1) is 0 Å².